The van der Waals surface area contributed by atoms with Crippen LogP contribution in [0.15, 0.2) is 24.3 Å². The highest BCUT2D eigenvalue weighted by molar-refractivity contribution is 7.13. The summed E-state index contributed by atoms with van der Waals surface area (Å²) in [6.07, 6.45) is 0. The highest BCUT2D eigenvalue weighted by atomic mass is 32.1. The van der Waals surface area contributed by atoms with Crippen LogP contribution in [-0.4, -0.2) is 61.8 Å². The smallest absolute Gasteiger partial charge is 0.150 e. The minimum Gasteiger partial charge on any atom is -0.379 e. The van der Waals surface area contributed by atoms with Crippen molar-refractivity contribution < 1.29 is 4.74 Å². The van der Waals surface area contributed by atoms with E-state index in [2.05, 4.69) is 38.4 Å². The fourth-order valence-electron chi connectivity index (χ4n) is 2.66. The first kappa shape index (κ1) is 14.7. The molecule has 0 bridgehead atoms. The van der Waals surface area contributed by atoms with E-state index in [9.17, 15) is 0 Å². The molecule has 21 heavy (non-hydrogen) atoms. The van der Waals surface area contributed by atoms with E-state index in [0.717, 1.165) is 45.1 Å². The SMILES string of the molecule is NCCOCCN1CCN(c2nsc3ccccc23)CC1. The van der Waals surface area contributed by atoms with Gasteiger partial charge in [0.1, 0.15) is 5.82 Å². The van der Waals surface area contributed by atoms with E-state index in [1.165, 1.54) is 10.1 Å². The number of nitrogens with zero attached hydrogens (tertiary/aromatic N) is 3. The Bertz CT molecular complexity index is 566. The molecule has 114 valence electrons. The zero-order valence-electron chi connectivity index (χ0n) is 12.2. The fraction of sp³-hybridized carbons (Fsp3) is 0.533. The van der Waals surface area contributed by atoms with Crippen molar-refractivity contribution in [2.45, 2.75) is 0 Å². The lowest BCUT2D eigenvalue weighted by atomic mass is 10.2. The maximum atomic E-state index is 5.45. The number of aromatic nitrogens is 1. The van der Waals surface area contributed by atoms with Crippen molar-refractivity contribution in [3.8, 4) is 0 Å². The summed E-state index contributed by atoms with van der Waals surface area (Å²) >= 11 is 1.59. The zero-order valence-corrected chi connectivity index (χ0v) is 13.0. The average molecular weight is 306 g/mol. The summed E-state index contributed by atoms with van der Waals surface area (Å²) in [6.45, 7) is 7.23. The quantitative estimate of drug-likeness (QED) is 0.818. The fourth-order valence-corrected chi connectivity index (χ4v) is 3.46. The number of benzene rings is 1. The van der Waals surface area contributed by atoms with E-state index in [4.69, 9.17) is 10.5 Å². The second-order valence-electron chi connectivity index (χ2n) is 5.23. The Labute approximate surface area is 129 Å². The average Bonchev–Trinajstić information content (AvgIpc) is 2.96. The first-order chi connectivity index (χ1) is 10.4. The predicted molar refractivity (Wildman–Crippen MR) is 88.1 cm³/mol. The number of ether oxygens (including phenoxy) is 1. The molecule has 0 atom stereocenters. The lowest BCUT2D eigenvalue weighted by Gasteiger charge is -2.34. The number of hydrogen-bond donors (Lipinski definition) is 1. The summed E-state index contributed by atoms with van der Waals surface area (Å²) in [5.41, 5.74) is 5.41. The van der Waals surface area contributed by atoms with Gasteiger partial charge >= 0.3 is 0 Å². The minimum absolute atomic E-state index is 0.602. The van der Waals surface area contributed by atoms with Crippen LogP contribution in [0.4, 0.5) is 5.82 Å². The van der Waals surface area contributed by atoms with Gasteiger partial charge in [0.15, 0.2) is 0 Å². The Balaban J connectivity index is 1.54. The van der Waals surface area contributed by atoms with Gasteiger partial charge in [0.25, 0.3) is 0 Å². The van der Waals surface area contributed by atoms with Gasteiger partial charge in [0.2, 0.25) is 0 Å². The molecular formula is C15H22N4OS. The van der Waals surface area contributed by atoms with Crippen molar-refractivity contribution in [1.29, 1.82) is 0 Å². The van der Waals surface area contributed by atoms with Gasteiger partial charge in [-0.05, 0) is 23.7 Å². The molecule has 1 aliphatic rings. The Morgan fingerprint density at radius 1 is 1.14 bits per heavy atom. The molecule has 2 heterocycles. The molecule has 5 nitrogen and oxygen atoms in total. The van der Waals surface area contributed by atoms with Crippen LogP contribution >= 0.6 is 11.5 Å². The van der Waals surface area contributed by atoms with E-state index in [0.29, 0.717) is 13.2 Å². The number of anilines is 1. The summed E-state index contributed by atoms with van der Waals surface area (Å²) in [5.74, 6) is 1.15. The van der Waals surface area contributed by atoms with Crippen molar-refractivity contribution in [2.75, 3.05) is 57.4 Å². The molecule has 1 aromatic heterocycles. The Morgan fingerprint density at radius 2 is 1.95 bits per heavy atom. The molecule has 6 heteroatoms. The molecule has 0 spiro atoms. The Morgan fingerprint density at radius 3 is 2.76 bits per heavy atom. The second kappa shape index (κ2) is 7.17. The van der Waals surface area contributed by atoms with Crippen LogP contribution in [0.25, 0.3) is 10.1 Å². The van der Waals surface area contributed by atoms with Crippen LogP contribution in [0.1, 0.15) is 0 Å². The lowest BCUT2D eigenvalue weighted by Crippen LogP contribution is -2.47. The van der Waals surface area contributed by atoms with E-state index >= 15 is 0 Å². The lowest BCUT2D eigenvalue weighted by molar-refractivity contribution is 0.107. The maximum absolute atomic E-state index is 5.45. The molecule has 1 saturated heterocycles. The Hall–Kier alpha value is -1.21. The number of rotatable bonds is 6. The molecule has 0 saturated carbocycles. The first-order valence-corrected chi connectivity index (χ1v) is 8.25. The molecule has 3 rings (SSSR count). The van der Waals surface area contributed by atoms with Gasteiger partial charge < -0.3 is 15.4 Å². The number of fused-ring (bicyclic) bond motifs is 1. The van der Waals surface area contributed by atoms with Crippen LogP contribution < -0.4 is 10.6 Å². The summed E-state index contributed by atoms with van der Waals surface area (Å²) in [7, 11) is 0. The predicted octanol–water partition coefficient (Wildman–Crippen LogP) is 1.39. The van der Waals surface area contributed by atoms with Gasteiger partial charge in [0.05, 0.1) is 17.9 Å². The third-order valence-corrected chi connectivity index (χ3v) is 4.66. The maximum Gasteiger partial charge on any atom is 0.150 e. The molecule has 1 aromatic carbocycles. The summed E-state index contributed by atoms with van der Waals surface area (Å²) in [6, 6.07) is 8.47. The van der Waals surface area contributed by atoms with E-state index in [-0.39, 0.29) is 0 Å². The van der Waals surface area contributed by atoms with Crippen molar-refractivity contribution in [2.24, 2.45) is 5.73 Å². The molecule has 2 aromatic rings. The summed E-state index contributed by atoms with van der Waals surface area (Å²) < 4.78 is 11.4. The monoisotopic (exact) mass is 306 g/mol. The second-order valence-corrected chi connectivity index (χ2v) is 6.04. The summed E-state index contributed by atoms with van der Waals surface area (Å²) in [4.78, 5) is 4.84. The molecule has 1 aliphatic heterocycles. The first-order valence-electron chi connectivity index (χ1n) is 7.48. The molecule has 0 radical (unpaired) electrons. The third-order valence-electron chi connectivity index (χ3n) is 3.84. The highest BCUT2D eigenvalue weighted by Crippen LogP contribution is 2.29. The van der Waals surface area contributed by atoms with Gasteiger partial charge in [-0.2, -0.15) is 4.37 Å². The van der Waals surface area contributed by atoms with Crippen molar-refractivity contribution in [1.82, 2.24) is 9.27 Å². The number of piperazine rings is 1. The van der Waals surface area contributed by atoms with Crippen molar-refractivity contribution >= 4 is 27.4 Å². The van der Waals surface area contributed by atoms with Crippen molar-refractivity contribution in [3.63, 3.8) is 0 Å². The molecule has 0 aliphatic carbocycles. The third kappa shape index (κ3) is 3.52. The van der Waals surface area contributed by atoms with Crippen LogP contribution in [0.5, 0.6) is 0 Å². The molecular weight excluding hydrogens is 284 g/mol. The minimum atomic E-state index is 0.602. The van der Waals surface area contributed by atoms with Gasteiger partial charge in [-0.3, -0.25) is 4.90 Å². The summed E-state index contributed by atoms with van der Waals surface area (Å²) in [5, 5.41) is 1.28. The standard InChI is InChI=1S/C15H22N4OS/c16-5-11-20-12-10-18-6-8-19(9-7-18)15-13-3-1-2-4-14(13)21-17-15/h1-4H,5-12,16H2. The zero-order chi connectivity index (χ0) is 14.5. The van der Waals surface area contributed by atoms with Crippen LogP contribution in [-0.2, 0) is 4.74 Å². The van der Waals surface area contributed by atoms with Crippen LogP contribution in [0, 0.1) is 0 Å². The molecule has 0 unspecified atom stereocenters. The van der Waals surface area contributed by atoms with E-state index in [1.807, 2.05) is 0 Å². The molecule has 0 amide bonds. The van der Waals surface area contributed by atoms with Gasteiger partial charge in [-0.1, -0.05) is 12.1 Å². The van der Waals surface area contributed by atoms with E-state index in [1.54, 1.807) is 11.5 Å². The number of hydrogen-bond acceptors (Lipinski definition) is 6. The topological polar surface area (TPSA) is 54.6 Å². The van der Waals surface area contributed by atoms with Crippen molar-refractivity contribution in [3.05, 3.63) is 24.3 Å². The molecule has 1 fully saturated rings. The largest absolute Gasteiger partial charge is 0.379 e. The number of nitrogens with two attached hydrogens (primary N) is 1. The van der Waals surface area contributed by atoms with Gasteiger partial charge in [-0.25, -0.2) is 0 Å². The van der Waals surface area contributed by atoms with Gasteiger partial charge in [-0.15, -0.1) is 0 Å². The normalized spacial score (nSPS) is 16.7. The van der Waals surface area contributed by atoms with Crippen LogP contribution in [0.2, 0.25) is 0 Å². The Kier molecular flexibility index (Phi) is 5.03. The highest BCUT2D eigenvalue weighted by Gasteiger charge is 2.20. The molecule has 2 N–H and O–H groups in total. The van der Waals surface area contributed by atoms with Gasteiger partial charge in [0, 0.05) is 44.7 Å². The van der Waals surface area contributed by atoms with E-state index < -0.39 is 0 Å². The van der Waals surface area contributed by atoms with Crippen LogP contribution in [0.3, 0.4) is 0 Å².